The quantitative estimate of drug-likeness (QED) is 0.158. The van der Waals surface area contributed by atoms with Gasteiger partial charge in [0.1, 0.15) is 5.82 Å². The van der Waals surface area contributed by atoms with Crippen LogP contribution in [0.1, 0.15) is 43.0 Å². The number of unbranched alkanes of at least 4 members (excludes halogenated alkanes) is 2. The van der Waals surface area contributed by atoms with Crippen LogP contribution in [0, 0.1) is 11.7 Å². The minimum absolute atomic E-state index is 0.113. The first-order valence-corrected chi connectivity index (χ1v) is 10.3. The Bertz CT molecular complexity index is 891. The van der Waals surface area contributed by atoms with Crippen LogP contribution in [0.15, 0.2) is 48.5 Å². The van der Waals surface area contributed by atoms with E-state index in [0.29, 0.717) is 28.2 Å². The second-order valence-electron chi connectivity index (χ2n) is 7.20. The van der Waals surface area contributed by atoms with Gasteiger partial charge in [0, 0.05) is 11.1 Å². The Morgan fingerprint density at radius 3 is 2.61 bits per heavy atom. The predicted octanol–water partition coefficient (Wildman–Crippen LogP) is 3.34. The van der Waals surface area contributed by atoms with Gasteiger partial charge in [0.2, 0.25) is 12.3 Å². The van der Waals surface area contributed by atoms with Crippen molar-refractivity contribution in [2.75, 3.05) is 13.2 Å². The van der Waals surface area contributed by atoms with Gasteiger partial charge in [-0.25, -0.2) is 9.45 Å². The van der Waals surface area contributed by atoms with E-state index < -0.39 is 11.8 Å². The number of carbonyl (C=O) groups excluding carboxylic acids is 3. The van der Waals surface area contributed by atoms with Crippen LogP contribution in [-0.4, -0.2) is 41.7 Å². The van der Waals surface area contributed by atoms with Gasteiger partial charge in [-0.1, -0.05) is 56.5 Å². The zero-order valence-electron chi connectivity index (χ0n) is 17.5. The third-order valence-electron chi connectivity index (χ3n) is 4.88. The molecule has 0 aliphatic carbocycles. The van der Waals surface area contributed by atoms with Crippen molar-refractivity contribution in [3.63, 3.8) is 0 Å². The van der Waals surface area contributed by atoms with Gasteiger partial charge in [0.05, 0.1) is 19.1 Å². The Morgan fingerprint density at radius 1 is 1.13 bits per heavy atom. The largest absolute Gasteiger partial charge is 0.338 e. The Balaban J connectivity index is 1.94. The maximum Gasteiger partial charge on any atom is 0.252 e. The third-order valence-corrected chi connectivity index (χ3v) is 4.88. The zero-order chi connectivity index (χ0) is 22.6. The smallest absolute Gasteiger partial charge is 0.252 e. The molecule has 0 fully saturated rings. The molecule has 0 saturated heterocycles. The molecule has 8 heteroatoms. The van der Waals surface area contributed by atoms with Gasteiger partial charge in [0.15, 0.2) is 0 Å². The van der Waals surface area contributed by atoms with Gasteiger partial charge in [-0.3, -0.25) is 19.6 Å². The predicted molar refractivity (Wildman–Crippen MR) is 115 cm³/mol. The SMILES string of the molecule is CCCCC[C@H](CN(O)C=O)C(=O)NCNC(=O)c1cccc(-c2ccccc2F)c1. The summed E-state index contributed by atoms with van der Waals surface area (Å²) >= 11 is 0. The van der Waals surface area contributed by atoms with Crippen molar-refractivity contribution in [1.29, 1.82) is 0 Å². The van der Waals surface area contributed by atoms with Gasteiger partial charge in [-0.15, -0.1) is 0 Å². The van der Waals surface area contributed by atoms with Crippen LogP contribution in [0.5, 0.6) is 0 Å². The van der Waals surface area contributed by atoms with Crippen molar-refractivity contribution in [2.45, 2.75) is 32.6 Å². The summed E-state index contributed by atoms with van der Waals surface area (Å²) in [5.41, 5.74) is 1.30. The molecule has 7 nitrogen and oxygen atoms in total. The monoisotopic (exact) mass is 429 g/mol. The maximum absolute atomic E-state index is 14.0. The van der Waals surface area contributed by atoms with Crippen molar-refractivity contribution in [3.05, 3.63) is 59.9 Å². The Morgan fingerprint density at radius 2 is 1.90 bits per heavy atom. The molecule has 1 atom stereocenters. The molecule has 0 unspecified atom stereocenters. The van der Waals surface area contributed by atoms with Crippen molar-refractivity contribution in [2.24, 2.45) is 5.92 Å². The Labute approximate surface area is 181 Å². The lowest BCUT2D eigenvalue weighted by Crippen LogP contribution is -2.43. The van der Waals surface area contributed by atoms with Gasteiger partial charge >= 0.3 is 0 Å². The number of hydroxylamine groups is 2. The normalized spacial score (nSPS) is 11.5. The minimum atomic E-state index is -0.581. The van der Waals surface area contributed by atoms with Crippen LogP contribution in [0.3, 0.4) is 0 Å². The molecule has 3 amide bonds. The number of carbonyl (C=O) groups is 3. The number of benzene rings is 2. The minimum Gasteiger partial charge on any atom is -0.338 e. The molecule has 3 N–H and O–H groups in total. The molecule has 0 heterocycles. The van der Waals surface area contributed by atoms with E-state index in [1.807, 2.05) is 6.92 Å². The van der Waals surface area contributed by atoms with Crippen LogP contribution in [0.2, 0.25) is 0 Å². The molecular formula is C23H28FN3O4. The molecule has 0 aromatic heterocycles. The summed E-state index contributed by atoms with van der Waals surface area (Å²) in [4.78, 5) is 35.5. The summed E-state index contributed by atoms with van der Waals surface area (Å²) in [6, 6.07) is 12.9. The highest BCUT2D eigenvalue weighted by molar-refractivity contribution is 5.95. The second kappa shape index (κ2) is 12.4. The van der Waals surface area contributed by atoms with Crippen LogP contribution >= 0.6 is 0 Å². The molecule has 2 aromatic rings. The first-order valence-electron chi connectivity index (χ1n) is 10.3. The van der Waals surface area contributed by atoms with E-state index in [1.165, 1.54) is 6.07 Å². The molecule has 2 aromatic carbocycles. The van der Waals surface area contributed by atoms with Crippen LogP contribution < -0.4 is 10.6 Å². The second-order valence-corrected chi connectivity index (χ2v) is 7.20. The topological polar surface area (TPSA) is 98.7 Å². The standard InChI is InChI=1S/C23H28FN3O4/c1-2-3-4-8-19(14-27(31)16-28)23(30)26-15-25-22(29)18-10-7-9-17(13-18)20-11-5-6-12-21(20)24/h5-7,9-13,16,19,31H,2-4,8,14-15H2,1H3,(H,25,29)(H,26,30)/t19-/m1/s1. The number of amides is 3. The zero-order valence-corrected chi connectivity index (χ0v) is 17.5. The number of hydrogen-bond acceptors (Lipinski definition) is 4. The highest BCUT2D eigenvalue weighted by Crippen LogP contribution is 2.23. The van der Waals surface area contributed by atoms with E-state index in [2.05, 4.69) is 10.6 Å². The average molecular weight is 429 g/mol. The summed E-state index contributed by atoms with van der Waals surface area (Å²) < 4.78 is 14.0. The van der Waals surface area contributed by atoms with Gasteiger partial charge < -0.3 is 10.6 Å². The molecule has 0 aliphatic rings. The summed E-state index contributed by atoms with van der Waals surface area (Å²) in [5, 5.41) is 15.1. The van der Waals surface area contributed by atoms with E-state index >= 15 is 0 Å². The summed E-state index contributed by atoms with van der Waals surface area (Å²) in [6.07, 6.45) is 3.47. The van der Waals surface area contributed by atoms with Crippen molar-refractivity contribution in [1.82, 2.24) is 15.7 Å². The molecule has 0 saturated carbocycles. The lowest BCUT2D eigenvalue weighted by Gasteiger charge is -2.19. The highest BCUT2D eigenvalue weighted by atomic mass is 19.1. The summed E-state index contributed by atoms with van der Waals surface area (Å²) in [7, 11) is 0. The van der Waals surface area contributed by atoms with Crippen molar-refractivity contribution < 1.29 is 24.0 Å². The van der Waals surface area contributed by atoms with Gasteiger partial charge in [0.25, 0.3) is 5.91 Å². The number of nitrogens with zero attached hydrogens (tertiary/aromatic N) is 1. The number of hydrogen-bond donors (Lipinski definition) is 3. The average Bonchev–Trinajstić information content (AvgIpc) is 2.78. The van der Waals surface area contributed by atoms with Gasteiger partial charge in [-0.05, 0) is 30.2 Å². The fourth-order valence-corrected chi connectivity index (χ4v) is 3.20. The molecule has 2 rings (SSSR count). The Kier molecular flexibility index (Phi) is 9.64. The Hall–Kier alpha value is -3.26. The van der Waals surface area contributed by atoms with E-state index in [4.69, 9.17) is 0 Å². The van der Waals surface area contributed by atoms with Gasteiger partial charge in [-0.2, -0.15) is 0 Å². The van der Waals surface area contributed by atoms with E-state index in [1.54, 1.807) is 42.5 Å². The molecule has 0 aliphatic heterocycles. The fraction of sp³-hybridized carbons (Fsp3) is 0.348. The molecule has 0 radical (unpaired) electrons. The van der Waals surface area contributed by atoms with Crippen LogP contribution in [0.4, 0.5) is 4.39 Å². The highest BCUT2D eigenvalue weighted by Gasteiger charge is 2.20. The molecule has 0 spiro atoms. The number of nitrogens with one attached hydrogen (secondary N) is 2. The van der Waals surface area contributed by atoms with Crippen LogP contribution in [0.25, 0.3) is 11.1 Å². The molecule has 0 bridgehead atoms. The third kappa shape index (κ3) is 7.49. The first-order chi connectivity index (χ1) is 15.0. The fourth-order valence-electron chi connectivity index (χ4n) is 3.20. The molecular weight excluding hydrogens is 401 g/mol. The van der Waals surface area contributed by atoms with Crippen LogP contribution in [-0.2, 0) is 9.59 Å². The number of rotatable bonds is 12. The summed E-state index contributed by atoms with van der Waals surface area (Å²) in [6.45, 7) is 1.81. The number of halogens is 1. The van der Waals surface area contributed by atoms with E-state index in [0.717, 1.165) is 19.3 Å². The lowest BCUT2D eigenvalue weighted by atomic mass is 10.0. The summed E-state index contributed by atoms with van der Waals surface area (Å²) in [5.74, 6) is -1.74. The van der Waals surface area contributed by atoms with Crippen molar-refractivity contribution in [3.8, 4) is 11.1 Å². The lowest BCUT2D eigenvalue weighted by molar-refractivity contribution is -0.154. The van der Waals surface area contributed by atoms with E-state index in [9.17, 15) is 24.0 Å². The van der Waals surface area contributed by atoms with Crippen molar-refractivity contribution >= 4 is 18.2 Å². The molecule has 166 valence electrons. The first kappa shape index (κ1) is 24.0. The van der Waals surface area contributed by atoms with E-state index in [-0.39, 0.29) is 31.3 Å². The maximum atomic E-state index is 14.0. The molecule has 31 heavy (non-hydrogen) atoms.